The minimum atomic E-state index is -0.282. The number of carbonyl (C=O) groups is 1. The van der Waals surface area contributed by atoms with Crippen molar-refractivity contribution in [1.29, 1.82) is 0 Å². The third kappa shape index (κ3) is 6.64. The van der Waals surface area contributed by atoms with Gasteiger partial charge in [-0.2, -0.15) is 0 Å². The summed E-state index contributed by atoms with van der Waals surface area (Å²) in [5.41, 5.74) is 5.84. The Morgan fingerprint density at radius 2 is 1.74 bits per heavy atom. The number of nitrogens with one attached hydrogen (secondary N) is 1. The second kappa shape index (κ2) is 11.1. The normalized spacial score (nSPS) is 12.0. The van der Waals surface area contributed by atoms with Crippen LogP contribution in [0.25, 0.3) is 0 Å². The highest BCUT2D eigenvalue weighted by molar-refractivity contribution is 5.92. The molecule has 0 spiro atoms. The Hall–Kier alpha value is -3.77. The van der Waals surface area contributed by atoms with Crippen LogP contribution in [0.3, 0.4) is 0 Å². The van der Waals surface area contributed by atoms with Crippen LogP contribution in [-0.2, 0) is 19.6 Å². The zero-order chi connectivity index (χ0) is 24.8. The van der Waals surface area contributed by atoms with Crippen LogP contribution in [0.1, 0.15) is 57.2 Å². The first-order valence-electron chi connectivity index (χ1n) is 11.7. The molecule has 0 saturated heterocycles. The third-order valence-corrected chi connectivity index (χ3v) is 6.01. The Bertz CT molecular complexity index is 1270. The molecule has 180 valence electrons. The highest BCUT2D eigenvalue weighted by Crippen LogP contribution is 2.19. The summed E-state index contributed by atoms with van der Waals surface area (Å²) in [7, 11) is 0. The molecule has 1 aromatic heterocycles. The maximum absolute atomic E-state index is 13.4. The van der Waals surface area contributed by atoms with E-state index >= 15 is 0 Å². The standard InChI is InChI=1S/C29H30FN3O2/c1-20-9-10-21(2)25(15-20)17-33(16-23-11-13-26(30)14-12-23)18-28-32-27(19-35-28)29(34)31-22(3)24-7-5-4-6-8-24/h4-15,19,22H,16-18H2,1-3H3,(H,31,34)/t22-/m0/s1. The van der Waals surface area contributed by atoms with Gasteiger partial charge >= 0.3 is 0 Å². The Morgan fingerprint density at radius 3 is 2.49 bits per heavy atom. The van der Waals surface area contributed by atoms with Gasteiger partial charge in [-0.3, -0.25) is 9.69 Å². The number of nitrogens with zero attached hydrogens (tertiary/aromatic N) is 2. The lowest BCUT2D eigenvalue weighted by Gasteiger charge is -2.22. The summed E-state index contributed by atoms with van der Waals surface area (Å²) in [5, 5.41) is 2.97. The average molecular weight is 472 g/mol. The summed E-state index contributed by atoms with van der Waals surface area (Å²) >= 11 is 0. The summed E-state index contributed by atoms with van der Waals surface area (Å²) in [6, 6.07) is 22.5. The van der Waals surface area contributed by atoms with Crippen molar-refractivity contribution in [1.82, 2.24) is 15.2 Å². The van der Waals surface area contributed by atoms with Crippen LogP contribution in [0.15, 0.2) is 83.5 Å². The van der Waals surface area contributed by atoms with Crippen LogP contribution in [0, 0.1) is 19.7 Å². The van der Waals surface area contributed by atoms with Crippen molar-refractivity contribution in [2.75, 3.05) is 0 Å². The van der Waals surface area contributed by atoms with E-state index in [4.69, 9.17) is 4.42 Å². The third-order valence-electron chi connectivity index (χ3n) is 6.01. The van der Waals surface area contributed by atoms with Crippen LogP contribution in [0.2, 0.25) is 0 Å². The Balaban J connectivity index is 1.48. The predicted molar refractivity (Wildman–Crippen MR) is 134 cm³/mol. The zero-order valence-electron chi connectivity index (χ0n) is 20.3. The summed E-state index contributed by atoms with van der Waals surface area (Å²) in [6.45, 7) is 7.76. The molecule has 5 nitrogen and oxygen atoms in total. The number of benzene rings is 3. The molecule has 3 aromatic carbocycles. The van der Waals surface area contributed by atoms with Crippen LogP contribution in [0.5, 0.6) is 0 Å². The predicted octanol–water partition coefficient (Wildman–Crippen LogP) is 6.12. The Labute approximate surface area is 205 Å². The van der Waals surface area contributed by atoms with E-state index in [0.29, 0.717) is 25.5 Å². The molecule has 0 aliphatic carbocycles. The second-order valence-corrected chi connectivity index (χ2v) is 8.93. The molecule has 1 amide bonds. The van der Waals surface area contributed by atoms with Gasteiger partial charge in [0, 0.05) is 13.1 Å². The Morgan fingerprint density at radius 1 is 1.00 bits per heavy atom. The minimum Gasteiger partial charge on any atom is -0.447 e. The van der Waals surface area contributed by atoms with E-state index in [2.05, 4.69) is 47.2 Å². The molecule has 1 heterocycles. The van der Waals surface area contributed by atoms with E-state index in [1.165, 1.54) is 35.1 Å². The van der Waals surface area contributed by atoms with Crippen LogP contribution >= 0.6 is 0 Å². The molecule has 4 rings (SSSR count). The largest absolute Gasteiger partial charge is 0.447 e. The molecule has 0 radical (unpaired) electrons. The van der Waals surface area contributed by atoms with Crippen molar-refractivity contribution in [3.8, 4) is 0 Å². The molecular weight excluding hydrogens is 441 g/mol. The summed E-state index contributed by atoms with van der Waals surface area (Å²) in [5.74, 6) is -0.0891. The number of rotatable bonds is 9. The minimum absolute atomic E-state index is 0.150. The van der Waals surface area contributed by atoms with Gasteiger partial charge in [0.15, 0.2) is 5.69 Å². The van der Waals surface area contributed by atoms with Gasteiger partial charge in [0.2, 0.25) is 5.89 Å². The summed E-state index contributed by atoms with van der Waals surface area (Å²) < 4.78 is 19.1. The number of oxazole rings is 1. The topological polar surface area (TPSA) is 58.4 Å². The van der Waals surface area contributed by atoms with Gasteiger partial charge in [-0.05, 0) is 55.2 Å². The first kappa shape index (κ1) is 24.4. The van der Waals surface area contributed by atoms with E-state index in [9.17, 15) is 9.18 Å². The number of aromatic nitrogens is 1. The molecule has 1 N–H and O–H groups in total. The first-order valence-corrected chi connectivity index (χ1v) is 11.7. The lowest BCUT2D eigenvalue weighted by Crippen LogP contribution is -2.27. The molecule has 0 aliphatic heterocycles. The number of carbonyl (C=O) groups excluding carboxylic acids is 1. The van der Waals surface area contributed by atoms with Gasteiger partial charge in [0.05, 0.1) is 12.6 Å². The highest BCUT2D eigenvalue weighted by Gasteiger charge is 2.18. The van der Waals surface area contributed by atoms with Crippen LogP contribution < -0.4 is 5.32 Å². The van der Waals surface area contributed by atoms with Crippen molar-refractivity contribution in [3.63, 3.8) is 0 Å². The molecule has 0 bridgehead atoms. The van der Waals surface area contributed by atoms with Crippen molar-refractivity contribution in [2.24, 2.45) is 0 Å². The lowest BCUT2D eigenvalue weighted by molar-refractivity contribution is 0.0934. The summed E-state index contributed by atoms with van der Waals surface area (Å²) in [6.07, 6.45) is 1.40. The smallest absolute Gasteiger partial charge is 0.273 e. The fraction of sp³-hybridized carbons (Fsp3) is 0.241. The average Bonchev–Trinajstić information content (AvgIpc) is 3.32. The fourth-order valence-electron chi connectivity index (χ4n) is 4.00. The number of amides is 1. The number of hydrogen-bond donors (Lipinski definition) is 1. The maximum Gasteiger partial charge on any atom is 0.273 e. The molecule has 6 heteroatoms. The highest BCUT2D eigenvalue weighted by atomic mass is 19.1. The quantitative estimate of drug-likeness (QED) is 0.319. The van der Waals surface area contributed by atoms with Crippen molar-refractivity contribution >= 4 is 5.91 Å². The molecule has 0 unspecified atom stereocenters. The van der Waals surface area contributed by atoms with Crippen molar-refractivity contribution < 1.29 is 13.6 Å². The molecule has 0 saturated carbocycles. The van der Waals surface area contributed by atoms with E-state index in [-0.39, 0.29) is 23.5 Å². The molecule has 0 fully saturated rings. The van der Waals surface area contributed by atoms with Gasteiger partial charge in [-0.25, -0.2) is 9.37 Å². The number of halogens is 1. The van der Waals surface area contributed by atoms with Crippen LogP contribution in [0.4, 0.5) is 4.39 Å². The summed E-state index contributed by atoms with van der Waals surface area (Å²) in [4.78, 5) is 19.4. The van der Waals surface area contributed by atoms with E-state index in [1.54, 1.807) is 12.1 Å². The lowest BCUT2D eigenvalue weighted by atomic mass is 10.0. The van der Waals surface area contributed by atoms with Crippen molar-refractivity contribution in [3.05, 3.63) is 124 Å². The van der Waals surface area contributed by atoms with E-state index in [0.717, 1.165) is 11.1 Å². The molecule has 35 heavy (non-hydrogen) atoms. The van der Waals surface area contributed by atoms with Crippen molar-refractivity contribution in [2.45, 2.75) is 46.4 Å². The van der Waals surface area contributed by atoms with Gasteiger partial charge in [0.25, 0.3) is 5.91 Å². The fourth-order valence-corrected chi connectivity index (χ4v) is 4.00. The second-order valence-electron chi connectivity index (χ2n) is 8.93. The molecule has 1 atom stereocenters. The first-order chi connectivity index (χ1) is 16.9. The Kier molecular flexibility index (Phi) is 7.73. The zero-order valence-corrected chi connectivity index (χ0v) is 20.3. The van der Waals surface area contributed by atoms with Gasteiger partial charge in [-0.15, -0.1) is 0 Å². The number of aryl methyl sites for hydroxylation is 2. The van der Waals surface area contributed by atoms with Gasteiger partial charge in [0.1, 0.15) is 12.1 Å². The van der Waals surface area contributed by atoms with Gasteiger partial charge < -0.3 is 9.73 Å². The van der Waals surface area contributed by atoms with E-state index < -0.39 is 0 Å². The monoisotopic (exact) mass is 471 g/mol. The maximum atomic E-state index is 13.4. The SMILES string of the molecule is Cc1ccc(C)c(CN(Cc2ccc(F)cc2)Cc2nc(C(=O)N[C@@H](C)c3ccccc3)co2)c1. The molecule has 4 aromatic rings. The molecular formula is C29H30FN3O2. The number of hydrogen-bond acceptors (Lipinski definition) is 4. The van der Waals surface area contributed by atoms with Crippen LogP contribution in [-0.4, -0.2) is 15.8 Å². The van der Waals surface area contributed by atoms with E-state index in [1.807, 2.05) is 37.3 Å². The molecule has 0 aliphatic rings. The van der Waals surface area contributed by atoms with Gasteiger partial charge in [-0.1, -0.05) is 66.2 Å².